The number of rotatable bonds is 5. The zero-order chi connectivity index (χ0) is 18.6. The fourth-order valence-corrected chi connectivity index (χ4v) is 3.20. The maximum atomic E-state index is 12.6. The number of carbonyl (C=O) groups is 1. The lowest BCUT2D eigenvalue weighted by molar-refractivity contribution is -0.141. The van der Waals surface area contributed by atoms with Crippen LogP contribution in [0.5, 0.6) is 0 Å². The monoisotopic (exact) mass is 363 g/mol. The molecule has 138 valence electrons. The van der Waals surface area contributed by atoms with Crippen molar-refractivity contribution >= 4 is 5.91 Å². The van der Waals surface area contributed by atoms with Crippen molar-refractivity contribution in [3.63, 3.8) is 0 Å². The van der Waals surface area contributed by atoms with E-state index in [-0.39, 0.29) is 17.7 Å². The van der Waals surface area contributed by atoms with E-state index in [9.17, 15) is 18.0 Å². The zero-order valence-corrected chi connectivity index (χ0v) is 14.1. The number of nitrogens with zero attached hydrogens (tertiary/aromatic N) is 1. The highest BCUT2D eigenvalue weighted by molar-refractivity contribution is 5.80. The van der Waals surface area contributed by atoms with Gasteiger partial charge in [-0.15, -0.1) is 0 Å². The summed E-state index contributed by atoms with van der Waals surface area (Å²) in [7, 11) is 0. The first-order valence-corrected chi connectivity index (χ1v) is 8.50. The minimum absolute atomic E-state index is 0.0872. The van der Waals surface area contributed by atoms with Gasteiger partial charge in [-0.25, -0.2) is 0 Å². The summed E-state index contributed by atoms with van der Waals surface area (Å²) < 4.78 is 37.9. The van der Waals surface area contributed by atoms with Gasteiger partial charge in [0.15, 0.2) is 0 Å². The molecule has 4 nitrogen and oxygen atoms in total. The van der Waals surface area contributed by atoms with Crippen molar-refractivity contribution in [1.29, 1.82) is 0 Å². The van der Waals surface area contributed by atoms with Gasteiger partial charge < -0.3 is 10.6 Å². The summed E-state index contributed by atoms with van der Waals surface area (Å²) in [5.41, 5.74) is 0.864. The van der Waals surface area contributed by atoms with E-state index in [1.165, 1.54) is 12.3 Å². The van der Waals surface area contributed by atoms with Crippen molar-refractivity contribution < 1.29 is 18.0 Å². The number of benzene rings is 1. The van der Waals surface area contributed by atoms with E-state index >= 15 is 0 Å². The Morgan fingerprint density at radius 3 is 2.58 bits per heavy atom. The van der Waals surface area contributed by atoms with E-state index in [0.717, 1.165) is 18.1 Å². The van der Waals surface area contributed by atoms with Gasteiger partial charge in [0.05, 0.1) is 5.92 Å². The van der Waals surface area contributed by atoms with E-state index in [2.05, 4.69) is 15.6 Å². The highest BCUT2D eigenvalue weighted by Crippen LogP contribution is 2.31. The van der Waals surface area contributed by atoms with Crippen molar-refractivity contribution in [1.82, 2.24) is 15.6 Å². The molecule has 1 aromatic carbocycles. The van der Waals surface area contributed by atoms with Crippen LogP contribution < -0.4 is 10.6 Å². The van der Waals surface area contributed by atoms with Gasteiger partial charge in [0.1, 0.15) is 5.69 Å². The maximum absolute atomic E-state index is 12.6. The second-order valence-electron chi connectivity index (χ2n) is 6.37. The molecule has 7 heteroatoms. The molecule has 0 spiro atoms. The predicted molar refractivity (Wildman–Crippen MR) is 91.5 cm³/mol. The van der Waals surface area contributed by atoms with Gasteiger partial charge in [-0.3, -0.25) is 9.78 Å². The van der Waals surface area contributed by atoms with Gasteiger partial charge in [0.25, 0.3) is 0 Å². The van der Waals surface area contributed by atoms with Gasteiger partial charge in [-0.05, 0) is 23.6 Å². The van der Waals surface area contributed by atoms with Gasteiger partial charge >= 0.3 is 6.18 Å². The fraction of sp³-hybridized carbons (Fsp3) is 0.368. The maximum Gasteiger partial charge on any atom is 0.433 e. The van der Waals surface area contributed by atoms with Crippen LogP contribution in [0.15, 0.2) is 48.7 Å². The number of pyridine rings is 1. The third-order valence-electron chi connectivity index (χ3n) is 4.61. The van der Waals surface area contributed by atoms with Crippen LogP contribution in [0, 0.1) is 5.92 Å². The molecule has 2 atom stereocenters. The van der Waals surface area contributed by atoms with Crippen molar-refractivity contribution in [2.24, 2.45) is 5.92 Å². The van der Waals surface area contributed by atoms with Crippen molar-refractivity contribution in [2.75, 3.05) is 19.6 Å². The number of hydrogen-bond donors (Lipinski definition) is 2. The molecule has 0 unspecified atom stereocenters. The second-order valence-corrected chi connectivity index (χ2v) is 6.37. The third kappa shape index (κ3) is 4.40. The highest BCUT2D eigenvalue weighted by Gasteiger charge is 2.36. The molecule has 0 saturated carbocycles. The Labute approximate surface area is 149 Å². The van der Waals surface area contributed by atoms with Crippen LogP contribution in [0.3, 0.4) is 0 Å². The molecule has 3 rings (SSSR count). The third-order valence-corrected chi connectivity index (χ3v) is 4.61. The smallest absolute Gasteiger partial charge is 0.355 e. The lowest BCUT2D eigenvalue weighted by Crippen LogP contribution is -2.35. The molecule has 0 bridgehead atoms. The lowest BCUT2D eigenvalue weighted by atomic mass is 9.89. The van der Waals surface area contributed by atoms with Gasteiger partial charge in [0.2, 0.25) is 5.91 Å². The Hall–Kier alpha value is -2.41. The summed E-state index contributed by atoms with van der Waals surface area (Å²) in [4.78, 5) is 16.0. The Morgan fingerprint density at radius 2 is 1.92 bits per heavy atom. The number of alkyl halides is 3. The van der Waals surface area contributed by atoms with Crippen LogP contribution in [0.4, 0.5) is 13.2 Å². The molecule has 2 heterocycles. The highest BCUT2D eigenvalue weighted by atomic mass is 19.4. The number of halogens is 3. The summed E-state index contributed by atoms with van der Waals surface area (Å²) in [6, 6.07) is 12.2. The van der Waals surface area contributed by atoms with E-state index in [1.54, 1.807) is 0 Å². The first kappa shape index (κ1) is 18.4. The number of aromatic nitrogens is 1. The average molecular weight is 363 g/mol. The molecule has 0 radical (unpaired) electrons. The quantitative estimate of drug-likeness (QED) is 0.859. The molecule has 1 aromatic heterocycles. The Kier molecular flexibility index (Phi) is 5.56. The fourth-order valence-electron chi connectivity index (χ4n) is 3.20. The van der Waals surface area contributed by atoms with Crippen molar-refractivity contribution in [3.8, 4) is 0 Å². The van der Waals surface area contributed by atoms with Crippen molar-refractivity contribution in [3.05, 3.63) is 65.5 Å². The van der Waals surface area contributed by atoms with Crippen LogP contribution in [0.2, 0.25) is 0 Å². The van der Waals surface area contributed by atoms with Crippen LogP contribution in [0.25, 0.3) is 0 Å². The second kappa shape index (κ2) is 7.86. The standard InChI is InChI=1S/C19H20F3N3O/c20-19(21,22)17-7-6-14(10-25-17)15-11-23-12-16(15)18(26)24-9-8-13-4-2-1-3-5-13/h1-7,10,15-16,23H,8-9,11-12H2,(H,24,26)/t15-,16+/m0/s1. The number of carbonyl (C=O) groups excluding carboxylic acids is 1. The summed E-state index contributed by atoms with van der Waals surface area (Å²) in [6.45, 7) is 1.57. The average Bonchev–Trinajstić information content (AvgIpc) is 3.12. The van der Waals surface area contributed by atoms with E-state index < -0.39 is 11.9 Å². The van der Waals surface area contributed by atoms with E-state index in [0.29, 0.717) is 25.2 Å². The summed E-state index contributed by atoms with van der Waals surface area (Å²) >= 11 is 0. The van der Waals surface area contributed by atoms with Crippen LogP contribution in [0.1, 0.15) is 22.7 Å². The van der Waals surface area contributed by atoms with Crippen molar-refractivity contribution in [2.45, 2.75) is 18.5 Å². The Balaban J connectivity index is 1.59. The number of amides is 1. The lowest BCUT2D eigenvalue weighted by Gasteiger charge is -2.19. The Morgan fingerprint density at radius 1 is 1.15 bits per heavy atom. The van der Waals surface area contributed by atoms with Crippen LogP contribution in [-0.2, 0) is 17.4 Å². The molecule has 1 amide bonds. The molecule has 1 fully saturated rings. The molecular weight excluding hydrogens is 343 g/mol. The minimum Gasteiger partial charge on any atom is -0.355 e. The van der Waals surface area contributed by atoms with Crippen LogP contribution >= 0.6 is 0 Å². The van der Waals surface area contributed by atoms with E-state index in [4.69, 9.17) is 0 Å². The molecule has 26 heavy (non-hydrogen) atoms. The molecule has 0 aliphatic carbocycles. The zero-order valence-electron chi connectivity index (χ0n) is 14.1. The molecule has 1 saturated heterocycles. The Bertz CT molecular complexity index is 732. The number of nitrogens with one attached hydrogen (secondary N) is 2. The first-order chi connectivity index (χ1) is 12.4. The van der Waals surface area contributed by atoms with Gasteiger partial charge in [-0.1, -0.05) is 36.4 Å². The van der Waals surface area contributed by atoms with Gasteiger partial charge in [0, 0.05) is 31.7 Å². The van der Waals surface area contributed by atoms with Gasteiger partial charge in [-0.2, -0.15) is 13.2 Å². The normalized spacial score (nSPS) is 20.1. The topological polar surface area (TPSA) is 54.0 Å². The summed E-state index contributed by atoms with van der Waals surface area (Å²) in [5, 5.41) is 6.07. The predicted octanol–water partition coefficient (Wildman–Crippen LogP) is 2.76. The molecule has 2 aromatic rings. The largest absolute Gasteiger partial charge is 0.433 e. The molecule has 2 N–H and O–H groups in total. The van der Waals surface area contributed by atoms with Crippen LogP contribution in [-0.4, -0.2) is 30.5 Å². The first-order valence-electron chi connectivity index (χ1n) is 8.50. The molecule has 1 aliphatic rings. The SMILES string of the molecule is O=C(NCCc1ccccc1)[C@@H]1CNC[C@H]1c1ccc(C(F)(F)F)nc1. The summed E-state index contributed by atoms with van der Waals surface area (Å²) in [5.74, 6) is -0.582. The van der Waals surface area contributed by atoms with E-state index in [1.807, 2.05) is 30.3 Å². The molecular formula is C19H20F3N3O. The minimum atomic E-state index is -4.46. The number of hydrogen-bond acceptors (Lipinski definition) is 3. The summed E-state index contributed by atoms with van der Waals surface area (Å²) in [6.07, 6.45) is -2.50. The molecule has 1 aliphatic heterocycles.